The first kappa shape index (κ1) is 22.5. The minimum atomic E-state index is -0.269. The van der Waals surface area contributed by atoms with Crippen LogP contribution in [0.2, 0.25) is 0 Å². The Morgan fingerprint density at radius 3 is 2.47 bits per heavy atom. The molecular weight excluding hydrogens is 512 g/mol. The van der Waals surface area contributed by atoms with E-state index in [-0.39, 0.29) is 17.7 Å². The number of hydrogen-bond acceptors (Lipinski definition) is 4. The number of halogens is 1. The summed E-state index contributed by atoms with van der Waals surface area (Å²) in [6, 6.07) is 25.4. The van der Waals surface area contributed by atoms with Crippen molar-refractivity contribution < 1.29 is 14.3 Å². The van der Waals surface area contributed by atoms with Crippen LogP contribution in [-0.2, 0) is 17.9 Å². The fourth-order valence-corrected chi connectivity index (χ4v) is 5.17. The van der Waals surface area contributed by atoms with Crippen molar-refractivity contribution in [3.63, 3.8) is 0 Å². The predicted octanol–water partition coefficient (Wildman–Crippen LogP) is 6.72. The van der Waals surface area contributed by atoms with Gasteiger partial charge in [-0.2, -0.15) is 0 Å². The molecule has 0 bridgehead atoms. The maximum Gasteiger partial charge on any atom is 0.293 e. The van der Waals surface area contributed by atoms with Crippen molar-refractivity contribution in [1.29, 1.82) is 0 Å². The van der Waals surface area contributed by atoms with Crippen LogP contribution in [0.5, 0.6) is 5.75 Å². The van der Waals surface area contributed by atoms with Crippen LogP contribution in [0.15, 0.2) is 94.4 Å². The molecule has 1 aromatic heterocycles. The molecule has 170 valence electrons. The average Bonchev–Trinajstić information content (AvgIpc) is 3.33. The number of aromatic nitrogens is 1. The molecule has 1 fully saturated rings. The molecule has 1 aliphatic heterocycles. The zero-order valence-electron chi connectivity index (χ0n) is 18.2. The number of ether oxygens (including phenoxy) is 1. The number of benzene rings is 3. The lowest BCUT2D eigenvalue weighted by atomic mass is 10.1. The molecule has 34 heavy (non-hydrogen) atoms. The van der Waals surface area contributed by atoms with E-state index in [0.29, 0.717) is 18.1 Å². The summed E-state index contributed by atoms with van der Waals surface area (Å²) >= 11 is 4.48. The second-order valence-corrected chi connectivity index (χ2v) is 9.66. The Bertz CT molecular complexity index is 1400. The summed E-state index contributed by atoms with van der Waals surface area (Å²) in [5.41, 5.74) is 2.85. The van der Waals surface area contributed by atoms with Crippen molar-refractivity contribution in [2.75, 3.05) is 6.61 Å². The minimum absolute atomic E-state index is 0.238. The molecule has 0 saturated carbocycles. The molecule has 0 atom stereocenters. The third-order valence-corrected chi connectivity index (χ3v) is 7.29. The zero-order chi connectivity index (χ0) is 23.5. The third kappa shape index (κ3) is 4.67. The molecule has 1 aliphatic rings. The second-order valence-electron chi connectivity index (χ2n) is 7.82. The number of amides is 2. The first-order valence-electron chi connectivity index (χ1n) is 10.8. The van der Waals surface area contributed by atoms with Gasteiger partial charge in [-0.05, 0) is 47.7 Å². The molecule has 3 aromatic carbocycles. The Morgan fingerprint density at radius 2 is 1.65 bits per heavy atom. The van der Waals surface area contributed by atoms with Gasteiger partial charge in [-0.1, -0.05) is 70.5 Å². The quantitative estimate of drug-likeness (QED) is 0.248. The van der Waals surface area contributed by atoms with Gasteiger partial charge in [0.25, 0.3) is 11.1 Å². The van der Waals surface area contributed by atoms with Gasteiger partial charge in [0.15, 0.2) is 0 Å². The SMILES string of the molecule is O=C1S/C(=C\c2cn(CCOc3ccccc3)c3ccccc23)C(=O)N1Cc1ccccc1Br. The molecule has 7 heteroatoms. The molecule has 0 aliphatic carbocycles. The van der Waals surface area contributed by atoms with E-state index in [1.807, 2.05) is 91.1 Å². The van der Waals surface area contributed by atoms with E-state index in [1.54, 1.807) is 0 Å². The summed E-state index contributed by atoms with van der Waals surface area (Å²) in [4.78, 5) is 27.4. The third-order valence-electron chi connectivity index (χ3n) is 5.61. The van der Waals surface area contributed by atoms with E-state index in [2.05, 4.69) is 20.5 Å². The highest BCUT2D eigenvalue weighted by molar-refractivity contribution is 9.10. The van der Waals surface area contributed by atoms with Crippen LogP contribution in [0.3, 0.4) is 0 Å². The largest absolute Gasteiger partial charge is 0.492 e. The summed E-state index contributed by atoms with van der Waals surface area (Å²) in [7, 11) is 0. The molecule has 0 radical (unpaired) electrons. The number of rotatable bonds is 7. The van der Waals surface area contributed by atoms with E-state index in [1.165, 1.54) is 4.90 Å². The van der Waals surface area contributed by atoms with Crippen LogP contribution in [0.4, 0.5) is 4.79 Å². The van der Waals surface area contributed by atoms with Gasteiger partial charge in [0, 0.05) is 27.1 Å². The number of hydrogen-bond donors (Lipinski definition) is 0. The van der Waals surface area contributed by atoms with Crippen LogP contribution in [0, 0.1) is 0 Å². The van der Waals surface area contributed by atoms with Gasteiger partial charge in [0.2, 0.25) is 0 Å². The van der Waals surface area contributed by atoms with Gasteiger partial charge in [-0.3, -0.25) is 14.5 Å². The van der Waals surface area contributed by atoms with E-state index >= 15 is 0 Å². The first-order valence-corrected chi connectivity index (χ1v) is 12.5. The minimum Gasteiger partial charge on any atom is -0.492 e. The Balaban J connectivity index is 1.37. The standard InChI is InChI=1S/C27H21BrN2O3S/c28-23-12-6-4-8-19(23)18-30-26(31)25(34-27(30)32)16-20-17-29(24-13-7-5-11-22(20)24)14-15-33-21-9-2-1-3-10-21/h1-13,16-17H,14-15,18H2/b25-16-. The van der Waals surface area contributed by atoms with Crippen molar-refractivity contribution in [3.05, 3.63) is 106 Å². The predicted molar refractivity (Wildman–Crippen MR) is 140 cm³/mol. The smallest absolute Gasteiger partial charge is 0.293 e. The van der Waals surface area contributed by atoms with Gasteiger partial charge >= 0.3 is 0 Å². The van der Waals surface area contributed by atoms with Gasteiger partial charge < -0.3 is 9.30 Å². The highest BCUT2D eigenvalue weighted by Crippen LogP contribution is 2.35. The lowest BCUT2D eigenvalue weighted by molar-refractivity contribution is -0.123. The van der Waals surface area contributed by atoms with Gasteiger partial charge in [-0.25, -0.2) is 0 Å². The van der Waals surface area contributed by atoms with E-state index in [9.17, 15) is 9.59 Å². The van der Waals surface area contributed by atoms with Crippen molar-refractivity contribution in [2.45, 2.75) is 13.1 Å². The molecule has 0 N–H and O–H groups in total. The normalized spacial score (nSPS) is 15.0. The molecule has 5 rings (SSSR count). The lowest BCUT2D eigenvalue weighted by Gasteiger charge is -2.13. The molecule has 2 amide bonds. The van der Waals surface area contributed by atoms with Crippen molar-refractivity contribution in [2.24, 2.45) is 0 Å². The first-order chi connectivity index (χ1) is 16.6. The van der Waals surface area contributed by atoms with Crippen molar-refractivity contribution in [1.82, 2.24) is 9.47 Å². The fraction of sp³-hybridized carbons (Fsp3) is 0.111. The summed E-state index contributed by atoms with van der Waals surface area (Å²) in [5.74, 6) is 0.563. The summed E-state index contributed by atoms with van der Waals surface area (Å²) in [6.45, 7) is 1.42. The number of imide groups is 1. The topological polar surface area (TPSA) is 51.5 Å². The van der Waals surface area contributed by atoms with Crippen molar-refractivity contribution in [3.8, 4) is 5.75 Å². The highest BCUT2D eigenvalue weighted by atomic mass is 79.9. The monoisotopic (exact) mass is 532 g/mol. The maximum atomic E-state index is 13.1. The Labute approximate surface area is 210 Å². The number of nitrogens with zero attached hydrogens (tertiary/aromatic N) is 2. The number of carbonyl (C=O) groups excluding carboxylic acids is 2. The lowest BCUT2D eigenvalue weighted by Crippen LogP contribution is -2.27. The maximum absolute atomic E-state index is 13.1. The number of carbonyl (C=O) groups is 2. The molecular formula is C27H21BrN2O3S. The molecule has 4 aromatic rings. The van der Waals surface area contributed by atoms with Crippen LogP contribution < -0.4 is 4.74 Å². The van der Waals surface area contributed by atoms with Crippen LogP contribution in [-0.4, -0.2) is 27.2 Å². The van der Waals surface area contributed by atoms with Crippen molar-refractivity contribution >= 4 is 55.8 Å². The second kappa shape index (κ2) is 9.91. The Morgan fingerprint density at radius 1 is 0.912 bits per heavy atom. The summed E-state index contributed by atoms with van der Waals surface area (Å²) in [5, 5.41) is 0.770. The summed E-state index contributed by atoms with van der Waals surface area (Å²) in [6.07, 6.45) is 3.84. The fourth-order valence-electron chi connectivity index (χ4n) is 3.93. The van der Waals surface area contributed by atoms with Crippen LogP contribution in [0.1, 0.15) is 11.1 Å². The van der Waals surface area contributed by atoms with Gasteiger partial charge in [0.05, 0.1) is 18.0 Å². The Kier molecular flexibility index (Phi) is 6.56. The Hall–Kier alpha value is -3.29. The van der Waals surface area contributed by atoms with Crippen LogP contribution >= 0.6 is 27.7 Å². The van der Waals surface area contributed by atoms with E-state index in [4.69, 9.17) is 4.74 Å². The average molecular weight is 533 g/mol. The highest BCUT2D eigenvalue weighted by Gasteiger charge is 2.35. The molecule has 0 unspecified atom stereocenters. The molecule has 5 nitrogen and oxygen atoms in total. The number of fused-ring (bicyclic) bond motifs is 1. The molecule has 1 saturated heterocycles. The number of thioether (sulfide) groups is 1. The molecule has 0 spiro atoms. The van der Waals surface area contributed by atoms with E-state index < -0.39 is 0 Å². The van der Waals surface area contributed by atoms with Gasteiger partial charge in [0.1, 0.15) is 12.4 Å². The van der Waals surface area contributed by atoms with Crippen LogP contribution in [0.25, 0.3) is 17.0 Å². The zero-order valence-corrected chi connectivity index (χ0v) is 20.6. The molecule has 2 heterocycles. The van der Waals surface area contributed by atoms with Gasteiger partial charge in [-0.15, -0.1) is 0 Å². The number of para-hydroxylation sites is 2. The van der Waals surface area contributed by atoms with E-state index in [0.717, 1.165) is 44.0 Å². The summed E-state index contributed by atoms with van der Waals surface area (Å²) < 4.78 is 8.86.